The Bertz CT molecular complexity index is 817. The average molecular weight is 585 g/mol. The smallest absolute Gasteiger partial charge is 0.333 e. The molecule has 4 amide bonds. The summed E-state index contributed by atoms with van der Waals surface area (Å²) in [7, 11) is 0. The summed E-state index contributed by atoms with van der Waals surface area (Å²) in [5, 5.41) is 14.7. The highest BCUT2D eigenvalue weighted by atomic mass is 16.4. The van der Waals surface area contributed by atoms with Crippen LogP contribution in [0.25, 0.3) is 0 Å². The van der Waals surface area contributed by atoms with Gasteiger partial charge in [-0.05, 0) is 6.42 Å². The molecule has 0 aromatic rings. The van der Waals surface area contributed by atoms with Crippen LogP contribution in [0, 0.1) is 0 Å². The monoisotopic (exact) mass is 584 g/mol. The molecule has 234 valence electrons. The van der Waals surface area contributed by atoms with Crippen LogP contribution >= 0.6 is 0 Å². The fourth-order valence-electron chi connectivity index (χ4n) is 4.22. The van der Waals surface area contributed by atoms with Gasteiger partial charge in [-0.1, -0.05) is 26.2 Å². The van der Waals surface area contributed by atoms with E-state index in [2.05, 4.69) is 28.4 Å². The van der Waals surface area contributed by atoms with Gasteiger partial charge in [-0.25, -0.2) is 10.2 Å². The Morgan fingerprint density at radius 1 is 0.659 bits per heavy atom. The van der Waals surface area contributed by atoms with Crippen LogP contribution in [-0.4, -0.2) is 153 Å². The molecule has 1 rings (SSSR count). The Morgan fingerprint density at radius 3 is 1.71 bits per heavy atom. The zero-order valence-corrected chi connectivity index (χ0v) is 24.3. The van der Waals surface area contributed by atoms with E-state index in [1.54, 1.807) is 4.90 Å². The van der Waals surface area contributed by atoms with Crippen LogP contribution in [0.1, 0.15) is 39.0 Å². The number of carboxylic acids is 1. The highest BCUT2D eigenvalue weighted by Crippen LogP contribution is 2.01. The molecule has 0 unspecified atom stereocenters. The number of aldehydes is 2. The van der Waals surface area contributed by atoms with E-state index in [1.807, 2.05) is 14.7 Å². The number of unbranched alkanes of at least 4 members (excludes halogenated alkanes) is 3. The second-order valence-electron chi connectivity index (χ2n) is 9.97. The Labute approximate surface area is 242 Å². The van der Waals surface area contributed by atoms with Crippen molar-refractivity contribution in [3.63, 3.8) is 0 Å². The maximum Gasteiger partial charge on any atom is 0.333 e. The van der Waals surface area contributed by atoms with E-state index in [9.17, 15) is 33.9 Å². The van der Waals surface area contributed by atoms with Crippen LogP contribution in [0.5, 0.6) is 0 Å². The zero-order chi connectivity index (χ0) is 30.3. The average Bonchev–Trinajstić information content (AvgIpc) is 2.93. The molecule has 15 nitrogen and oxygen atoms in total. The van der Waals surface area contributed by atoms with Gasteiger partial charge in [0.25, 0.3) is 0 Å². The first-order valence-corrected chi connectivity index (χ1v) is 14.3. The number of hydrazine groups is 1. The van der Waals surface area contributed by atoms with Crippen molar-refractivity contribution >= 4 is 36.4 Å². The first-order valence-electron chi connectivity index (χ1n) is 14.3. The SMILES string of the molecule is CCCCCCNC(=O)NNC(=O)CCNC(=O)CN1CCN(CC=O)CCN(CC=O)CCN(CC(=O)O)CC1. The Balaban J connectivity index is 2.55. The van der Waals surface area contributed by atoms with E-state index >= 15 is 0 Å². The number of urea groups is 1. The number of hydrogen-bond acceptors (Lipinski definition) is 10. The third-order valence-electron chi connectivity index (χ3n) is 6.63. The molecule has 0 spiro atoms. The van der Waals surface area contributed by atoms with Gasteiger partial charge in [0.2, 0.25) is 11.8 Å². The lowest BCUT2D eigenvalue weighted by atomic mass is 10.2. The highest BCUT2D eigenvalue weighted by Gasteiger charge is 2.19. The van der Waals surface area contributed by atoms with Crippen molar-refractivity contribution in [3.8, 4) is 0 Å². The molecule has 5 N–H and O–H groups in total. The Kier molecular flexibility index (Phi) is 19.7. The topological polar surface area (TPSA) is 184 Å². The number of nitrogens with one attached hydrogen (secondary N) is 4. The molecule has 1 saturated heterocycles. The molecular weight excluding hydrogens is 536 g/mol. The van der Waals surface area contributed by atoms with Gasteiger partial charge in [0, 0.05) is 71.9 Å². The molecule has 0 atom stereocenters. The van der Waals surface area contributed by atoms with Crippen molar-refractivity contribution in [2.45, 2.75) is 39.0 Å². The van der Waals surface area contributed by atoms with Crippen molar-refractivity contribution in [3.05, 3.63) is 0 Å². The van der Waals surface area contributed by atoms with Gasteiger partial charge < -0.3 is 25.3 Å². The van der Waals surface area contributed by atoms with E-state index in [1.165, 1.54) is 0 Å². The molecule has 15 heteroatoms. The number of amides is 4. The number of aliphatic carboxylic acids is 1. The first kappa shape index (κ1) is 35.9. The standard InChI is InChI=1S/C26H48N8O7/c1-2-3-4-5-7-28-26(41)30-29-23(37)6-8-27-24(38)21-33-13-11-31(17-19-35)9-10-32(18-20-36)12-14-34(16-15-33)22-25(39)40/h19-20H,2-18,21-22H2,1H3,(H,27,38)(H,29,37)(H,39,40)(H2,28,30,41). The molecule has 0 aliphatic carbocycles. The number of nitrogens with zero attached hydrogens (tertiary/aromatic N) is 4. The van der Waals surface area contributed by atoms with Crippen molar-refractivity contribution < 1.29 is 33.9 Å². The van der Waals surface area contributed by atoms with Crippen LogP contribution in [0.2, 0.25) is 0 Å². The minimum atomic E-state index is -0.960. The molecule has 0 radical (unpaired) electrons. The van der Waals surface area contributed by atoms with Gasteiger partial charge >= 0.3 is 12.0 Å². The molecule has 1 aliphatic rings. The summed E-state index contributed by atoms with van der Waals surface area (Å²) in [4.78, 5) is 77.6. The van der Waals surface area contributed by atoms with Gasteiger partial charge in [-0.3, -0.25) is 39.4 Å². The molecule has 0 saturated carbocycles. The normalized spacial score (nSPS) is 16.5. The molecule has 1 fully saturated rings. The van der Waals surface area contributed by atoms with Crippen LogP contribution < -0.4 is 21.5 Å². The summed E-state index contributed by atoms with van der Waals surface area (Å²) in [6.07, 6.45) is 5.70. The predicted molar refractivity (Wildman–Crippen MR) is 152 cm³/mol. The van der Waals surface area contributed by atoms with Crippen LogP contribution in [0.4, 0.5) is 4.79 Å². The molecule has 1 aliphatic heterocycles. The Morgan fingerprint density at radius 2 is 1.20 bits per heavy atom. The molecule has 41 heavy (non-hydrogen) atoms. The number of hydrogen-bond donors (Lipinski definition) is 5. The van der Waals surface area contributed by atoms with Crippen molar-refractivity contribution in [2.75, 3.05) is 91.6 Å². The van der Waals surface area contributed by atoms with Gasteiger partial charge in [0.1, 0.15) is 12.6 Å². The molecule has 1 heterocycles. The summed E-state index contributed by atoms with van der Waals surface area (Å²) >= 11 is 0. The summed E-state index contributed by atoms with van der Waals surface area (Å²) in [5.41, 5.74) is 4.59. The van der Waals surface area contributed by atoms with E-state index in [-0.39, 0.29) is 45.1 Å². The fraction of sp³-hybridized carbons (Fsp3) is 0.769. The van der Waals surface area contributed by atoms with Gasteiger partial charge in [-0.2, -0.15) is 0 Å². The lowest BCUT2D eigenvalue weighted by Gasteiger charge is -2.32. The lowest BCUT2D eigenvalue weighted by molar-refractivity contribution is -0.138. The lowest BCUT2D eigenvalue weighted by Crippen LogP contribution is -2.49. The second-order valence-corrected chi connectivity index (χ2v) is 9.97. The van der Waals surface area contributed by atoms with Crippen LogP contribution in [0.15, 0.2) is 0 Å². The van der Waals surface area contributed by atoms with Crippen LogP contribution in [-0.2, 0) is 24.0 Å². The zero-order valence-electron chi connectivity index (χ0n) is 24.3. The molecule has 0 bridgehead atoms. The van der Waals surface area contributed by atoms with Crippen LogP contribution in [0.3, 0.4) is 0 Å². The van der Waals surface area contributed by atoms with Gasteiger partial charge in [0.05, 0.1) is 26.2 Å². The minimum Gasteiger partial charge on any atom is -0.480 e. The minimum absolute atomic E-state index is 0.0285. The predicted octanol–water partition coefficient (Wildman–Crippen LogP) is -1.89. The maximum atomic E-state index is 12.6. The number of carbonyl (C=O) groups excluding carboxylic acids is 5. The summed E-state index contributed by atoms with van der Waals surface area (Å²) in [6.45, 7) is 6.85. The van der Waals surface area contributed by atoms with Gasteiger partial charge in [0.15, 0.2) is 0 Å². The third kappa shape index (κ3) is 18.8. The number of carbonyl (C=O) groups is 6. The molecule has 0 aromatic carbocycles. The van der Waals surface area contributed by atoms with Gasteiger partial charge in [-0.15, -0.1) is 0 Å². The molecular formula is C26H48N8O7. The summed E-state index contributed by atoms with van der Waals surface area (Å²) in [6, 6.07) is -0.494. The first-order chi connectivity index (χ1) is 19.8. The third-order valence-corrected chi connectivity index (χ3v) is 6.63. The van der Waals surface area contributed by atoms with Crippen molar-refractivity contribution in [2.24, 2.45) is 0 Å². The van der Waals surface area contributed by atoms with E-state index < -0.39 is 17.9 Å². The second kappa shape index (κ2) is 22.5. The fourth-order valence-corrected chi connectivity index (χ4v) is 4.22. The molecule has 0 aromatic heterocycles. The largest absolute Gasteiger partial charge is 0.480 e. The quantitative estimate of drug-likeness (QED) is 0.0776. The summed E-state index contributed by atoms with van der Waals surface area (Å²) in [5.74, 6) is -1.71. The highest BCUT2D eigenvalue weighted by molar-refractivity contribution is 5.82. The summed E-state index contributed by atoms with van der Waals surface area (Å²) < 4.78 is 0. The maximum absolute atomic E-state index is 12.6. The number of carboxylic acid groups (broad SMARTS) is 1. The van der Waals surface area contributed by atoms with Crippen molar-refractivity contribution in [1.29, 1.82) is 0 Å². The number of rotatable bonds is 16. The Hall–Kier alpha value is -3.14. The van der Waals surface area contributed by atoms with Crippen molar-refractivity contribution in [1.82, 2.24) is 41.1 Å². The van der Waals surface area contributed by atoms with E-state index in [0.29, 0.717) is 58.9 Å². The van der Waals surface area contributed by atoms with E-state index in [0.717, 1.165) is 38.3 Å². The van der Waals surface area contributed by atoms with E-state index in [4.69, 9.17) is 0 Å².